The molecule has 0 bridgehead atoms. The van der Waals surface area contributed by atoms with Crippen LogP contribution in [-0.2, 0) is 6.42 Å². The summed E-state index contributed by atoms with van der Waals surface area (Å²) in [5, 5.41) is 10.4. The van der Waals surface area contributed by atoms with Crippen LogP contribution in [0.15, 0.2) is 12.4 Å². The quantitative estimate of drug-likeness (QED) is 0.453. The fraction of sp³-hybridized carbons (Fsp3) is 0.600. The van der Waals surface area contributed by atoms with Gasteiger partial charge in [0.25, 0.3) is 0 Å². The molecule has 0 aliphatic carbocycles. The first kappa shape index (κ1) is 12.8. The third kappa shape index (κ3) is 4.10. The minimum atomic E-state index is -0.518. The van der Waals surface area contributed by atoms with Crippen molar-refractivity contribution in [3.63, 3.8) is 0 Å². The summed E-state index contributed by atoms with van der Waals surface area (Å²) < 4.78 is 0. The first-order valence-electron chi connectivity index (χ1n) is 5.08. The number of hydrogen-bond donors (Lipinski definition) is 0. The fourth-order valence-corrected chi connectivity index (χ4v) is 1.83. The molecule has 0 aromatic carbocycles. The standard InChI is InChI=1S/C10H14ClN3O2/c1-7(2)3-8(11)4-10-12-5-9(6-13-10)14(15)16/h5-8H,3-4H2,1-2H3. The van der Waals surface area contributed by atoms with Gasteiger partial charge in [0.15, 0.2) is 0 Å². The Labute approximate surface area is 99.0 Å². The smallest absolute Gasteiger partial charge is 0.258 e. The minimum absolute atomic E-state index is 0.0264. The van der Waals surface area contributed by atoms with E-state index in [0.29, 0.717) is 18.2 Å². The maximum atomic E-state index is 10.4. The monoisotopic (exact) mass is 243 g/mol. The average Bonchev–Trinajstić information content (AvgIpc) is 2.16. The Morgan fingerprint density at radius 3 is 2.44 bits per heavy atom. The summed E-state index contributed by atoms with van der Waals surface area (Å²) in [7, 11) is 0. The third-order valence-corrected chi connectivity index (χ3v) is 2.37. The second-order valence-corrected chi connectivity index (χ2v) is 4.66. The van der Waals surface area contributed by atoms with E-state index in [4.69, 9.17) is 11.6 Å². The van der Waals surface area contributed by atoms with Crippen molar-refractivity contribution in [2.24, 2.45) is 5.92 Å². The molecule has 0 aliphatic heterocycles. The molecule has 0 saturated carbocycles. The first-order valence-corrected chi connectivity index (χ1v) is 5.52. The lowest BCUT2D eigenvalue weighted by Crippen LogP contribution is -2.09. The zero-order valence-corrected chi connectivity index (χ0v) is 10.0. The summed E-state index contributed by atoms with van der Waals surface area (Å²) >= 11 is 6.10. The van der Waals surface area contributed by atoms with Crippen molar-refractivity contribution in [1.29, 1.82) is 0 Å². The minimum Gasteiger partial charge on any atom is -0.258 e. The van der Waals surface area contributed by atoms with Crippen LogP contribution >= 0.6 is 11.6 Å². The van der Waals surface area contributed by atoms with Crippen molar-refractivity contribution >= 4 is 17.3 Å². The molecule has 1 unspecified atom stereocenters. The van der Waals surface area contributed by atoms with Crippen molar-refractivity contribution in [2.45, 2.75) is 32.1 Å². The van der Waals surface area contributed by atoms with E-state index in [-0.39, 0.29) is 11.1 Å². The van der Waals surface area contributed by atoms with Crippen molar-refractivity contribution in [3.8, 4) is 0 Å². The van der Waals surface area contributed by atoms with Crippen LogP contribution in [0.3, 0.4) is 0 Å². The maximum absolute atomic E-state index is 10.4. The number of nitro groups is 1. The van der Waals surface area contributed by atoms with E-state index in [0.717, 1.165) is 6.42 Å². The highest BCUT2D eigenvalue weighted by atomic mass is 35.5. The first-order chi connectivity index (χ1) is 7.49. The van der Waals surface area contributed by atoms with Gasteiger partial charge in [0.2, 0.25) is 0 Å². The molecule has 1 aromatic rings. The summed E-state index contributed by atoms with van der Waals surface area (Å²) in [6, 6.07) is 0. The van der Waals surface area contributed by atoms with Gasteiger partial charge in [-0.15, -0.1) is 11.6 Å². The SMILES string of the molecule is CC(C)CC(Cl)Cc1ncc([N+](=O)[O-])cn1. The molecule has 0 fully saturated rings. The highest BCUT2D eigenvalue weighted by Crippen LogP contribution is 2.15. The van der Waals surface area contributed by atoms with E-state index in [1.807, 2.05) is 0 Å². The van der Waals surface area contributed by atoms with Crippen LogP contribution < -0.4 is 0 Å². The van der Waals surface area contributed by atoms with Gasteiger partial charge in [-0.25, -0.2) is 9.97 Å². The number of alkyl halides is 1. The van der Waals surface area contributed by atoms with Crippen LogP contribution in [-0.4, -0.2) is 20.3 Å². The Morgan fingerprint density at radius 1 is 1.44 bits per heavy atom. The van der Waals surface area contributed by atoms with Gasteiger partial charge < -0.3 is 0 Å². The summed E-state index contributed by atoms with van der Waals surface area (Å²) in [5.41, 5.74) is -0.0984. The van der Waals surface area contributed by atoms with Gasteiger partial charge in [0.1, 0.15) is 18.2 Å². The zero-order chi connectivity index (χ0) is 12.1. The second kappa shape index (κ2) is 5.75. The summed E-state index contributed by atoms with van der Waals surface area (Å²) in [6.07, 6.45) is 3.84. The average molecular weight is 244 g/mol. The molecule has 6 heteroatoms. The lowest BCUT2D eigenvalue weighted by Gasteiger charge is -2.10. The molecule has 1 heterocycles. The molecule has 0 spiro atoms. The normalized spacial score (nSPS) is 12.8. The van der Waals surface area contributed by atoms with Crippen LogP contribution in [0.1, 0.15) is 26.1 Å². The Kier molecular flexibility index (Phi) is 4.61. The van der Waals surface area contributed by atoms with Gasteiger partial charge in [0, 0.05) is 11.8 Å². The van der Waals surface area contributed by atoms with Gasteiger partial charge in [0.05, 0.1) is 4.92 Å². The van der Waals surface area contributed by atoms with Gasteiger partial charge >= 0.3 is 5.69 Å². The number of aromatic nitrogens is 2. The Bertz CT molecular complexity index is 354. The largest absolute Gasteiger partial charge is 0.305 e. The van der Waals surface area contributed by atoms with E-state index < -0.39 is 4.92 Å². The third-order valence-electron chi connectivity index (χ3n) is 2.03. The van der Waals surface area contributed by atoms with Crippen molar-refractivity contribution in [1.82, 2.24) is 9.97 Å². The molecule has 0 aliphatic rings. The van der Waals surface area contributed by atoms with E-state index in [1.54, 1.807) is 0 Å². The topological polar surface area (TPSA) is 68.9 Å². The molecule has 5 nitrogen and oxygen atoms in total. The van der Waals surface area contributed by atoms with Gasteiger partial charge in [-0.2, -0.15) is 0 Å². The molecule has 88 valence electrons. The second-order valence-electron chi connectivity index (χ2n) is 4.05. The highest BCUT2D eigenvalue weighted by molar-refractivity contribution is 6.20. The van der Waals surface area contributed by atoms with Crippen LogP contribution in [0.2, 0.25) is 0 Å². The van der Waals surface area contributed by atoms with Gasteiger partial charge in [-0.1, -0.05) is 13.8 Å². The molecule has 1 rings (SSSR count). The number of hydrogen-bond acceptors (Lipinski definition) is 4. The van der Waals surface area contributed by atoms with E-state index in [1.165, 1.54) is 12.4 Å². The molecule has 1 atom stereocenters. The van der Waals surface area contributed by atoms with E-state index in [2.05, 4.69) is 23.8 Å². The Morgan fingerprint density at radius 2 is 2.00 bits per heavy atom. The van der Waals surface area contributed by atoms with Gasteiger partial charge in [-0.3, -0.25) is 10.1 Å². The molecule has 0 N–H and O–H groups in total. The lowest BCUT2D eigenvalue weighted by atomic mass is 10.1. The summed E-state index contributed by atoms with van der Waals surface area (Å²) in [6.45, 7) is 4.18. The number of rotatable bonds is 5. The fourth-order valence-electron chi connectivity index (χ4n) is 1.34. The summed E-state index contributed by atoms with van der Waals surface area (Å²) in [5.74, 6) is 1.06. The Balaban J connectivity index is 2.58. The van der Waals surface area contributed by atoms with Crippen LogP contribution in [0.5, 0.6) is 0 Å². The molecule has 0 radical (unpaired) electrons. The molecule has 16 heavy (non-hydrogen) atoms. The molecular weight excluding hydrogens is 230 g/mol. The number of halogens is 1. The van der Waals surface area contributed by atoms with E-state index in [9.17, 15) is 10.1 Å². The zero-order valence-electron chi connectivity index (χ0n) is 9.26. The summed E-state index contributed by atoms with van der Waals surface area (Å²) in [4.78, 5) is 17.7. The molecule has 0 saturated heterocycles. The molecule has 1 aromatic heterocycles. The Hall–Kier alpha value is -1.23. The van der Waals surface area contributed by atoms with Crippen molar-refractivity contribution < 1.29 is 4.92 Å². The lowest BCUT2D eigenvalue weighted by molar-refractivity contribution is -0.385. The highest BCUT2D eigenvalue weighted by Gasteiger charge is 2.12. The van der Waals surface area contributed by atoms with Crippen LogP contribution in [0, 0.1) is 16.0 Å². The maximum Gasteiger partial charge on any atom is 0.305 e. The van der Waals surface area contributed by atoms with E-state index >= 15 is 0 Å². The van der Waals surface area contributed by atoms with Crippen LogP contribution in [0.4, 0.5) is 5.69 Å². The predicted molar refractivity (Wildman–Crippen MR) is 61.5 cm³/mol. The van der Waals surface area contributed by atoms with Crippen molar-refractivity contribution in [3.05, 3.63) is 28.3 Å². The van der Waals surface area contributed by atoms with Crippen molar-refractivity contribution in [2.75, 3.05) is 0 Å². The molecule has 0 amide bonds. The van der Waals surface area contributed by atoms with Crippen LogP contribution in [0.25, 0.3) is 0 Å². The predicted octanol–water partition coefficient (Wildman–Crippen LogP) is 2.58. The molecular formula is C10H14ClN3O2. The van der Waals surface area contributed by atoms with Gasteiger partial charge in [-0.05, 0) is 12.3 Å². The number of nitrogens with zero attached hydrogens (tertiary/aromatic N) is 3.